The topological polar surface area (TPSA) is 144 Å². The fraction of sp³-hybridized carbons (Fsp3) is 0. The molecule has 0 saturated carbocycles. The minimum atomic E-state index is -4.54. The van der Waals surface area contributed by atoms with Gasteiger partial charge in [0.1, 0.15) is 21.6 Å². The zero-order valence-electron chi connectivity index (χ0n) is 15.3. The Labute approximate surface area is 214 Å². The van der Waals surface area contributed by atoms with Crippen molar-refractivity contribution < 1.29 is 91.8 Å². The molecule has 0 fully saturated rings. The summed E-state index contributed by atoms with van der Waals surface area (Å²) in [4.78, 5) is 0.227. The number of aromatic hydroxyl groups is 1. The third-order valence-electron chi connectivity index (χ3n) is 3.49. The Kier molecular flexibility index (Phi) is 10.7. The van der Waals surface area contributed by atoms with Crippen LogP contribution < -0.4 is 64.4 Å². The molecule has 0 spiro atoms. The molecular formula is C16H10N2Na2O7S2. The van der Waals surface area contributed by atoms with Crippen LogP contribution in [0.2, 0.25) is 0 Å². The summed E-state index contributed by atoms with van der Waals surface area (Å²) < 4.78 is 37.1. The van der Waals surface area contributed by atoms with Gasteiger partial charge in [-0.3, -0.25) is 5.04 Å². The summed E-state index contributed by atoms with van der Waals surface area (Å²) >= 11 is 0.733. The van der Waals surface area contributed by atoms with Crippen LogP contribution in [-0.2, 0) is 19.5 Å². The minimum Gasteiger partial charge on any atom is -0.744 e. The van der Waals surface area contributed by atoms with Crippen molar-refractivity contribution in [3.8, 4) is 5.75 Å². The number of azo groups is 1. The fourth-order valence-corrected chi connectivity index (χ4v) is 3.15. The molecule has 1 N–H and O–H groups in total. The molecule has 140 valence electrons. The fourth-order valence-electron chi connectivity index (χ4n) is 2.28. The van der Waals surface area contributed by atoms with E-state index in [4.69, 9.17) is 0 Å². The molecule has 0 unspecified atom stereocenters. The summed E-state index contributed by atoms with van der Waals surface area (Å²) in [5.41, 5.74) is 0.498. The van der Waals surface area contributed by atoms with Crippen molar-refractivity contribution in [1.82, 2.24) is 0 Å². The quantitative estimate of drug-likeness (QED) is 0.105. The standard InChI is InChI=1S/C16H12N2O7S2.2Na/c19-15-8-1-10-9-12(26-25-24-20)4-7-14(10)16(15)18-17-11-2-5-13(6-3-11)27(21,22)23;;/h1-9,19-20H,(H,21,22,23);;/q;2*+1/p-2. The molecule has 3 aromatic rings. The third-order valence-corrected chi connectivity index (χ3v) is 4.91. The van der Waals surface area contributed by atoms with E-state index in [1.54, 1.807) is 24.3 Å². The van der Waals surface area contributed by atoms with Crippen LogP contribution in [0, 0.1) is 0 Å². The molecule has 0 aliphatic carbocycles. The van der Waals surface area contributed by atoms with Crippen molar-refractivity contribution in [2.45, 2.75) is 9.79 Å². The van der Waals surface area contributed by atoms with Crippen LogP contribution in [0.5, 0.6) is 5.75 Å². The molecule has 0 aromatic heterocycles. The number of fused-ring (bicyclic) bond motifs is 1. The van der Waals surface area contributed by atoms with Gasteiger partial charge in [0, 0.05) is 10.3 Å². The maximum absolute atomic E-state index is 10.9. The summed E-state index contributed by atoms with van der Waals surface area (Å²) in [6.07, 6.45) is 0. The normalized spacial score (nSPS) is 11.2. The van der Waals surface area contributed by atoms with Crippen LogP contribution in [0.4, 0.5) is 11.4 Å². The SMILES string of the molecule is O=S(=O)([O-])c1ccc(N=Nc2c(O)ccc3cc(SOO[O-])ccc23)cc1.[Na+].[Na+]. The molecule has 0 saturated heterocycles. The van der Waals surface area contributed by atoms with Crippen molar-refractivity contribution in [3.63, 3.8) is 0 Å². The van der Waals surface area contributed by atoms with Crippen molar-refractivity contribution in [2.24, 2.45) is 10.2 Å². The summed E-state index contributed by atoms with van der Waals surface area (Å²) in [7, 11) is -4.54. The monoisotopic (exact) mass is 452 g/mol. The predicted octanol–water partition coefficient (Wildman–Crippen LogP) is -2.90. The molecule has 0 aliphatic rings. The number of phenols is 1. The van der Waals surface area contributed by atoms with E-state index in [0.29, 0.717) is 21.4 Å². The van der Waals surface area contributed by atoms with E-state index < -0.39 is 10.1 Å². The van der Waals surface area contributed by atoms with E-state index in [2.05, 4.69) is 19.6 Å². The average Bonchev–Trinajstić information content (AvgIpc) is 2.65. The maximum Gasteiger partial charge on any atom is 1.00 e. The summed E-state index contributed by atoms with van der Waals surface area (Å²) in [6, 6.07) is 13.0. The van der Waals surface area contributed by atoms with Crippen LogP contribution in [-0.4, -0.2) is 18.1 Å². The first-order valence-corrected chi connectivity index (χ1v) is 9.40. The molecular weight excluding hydrogens is 442 g/mol. The van der Waals surface area contributed by atoms with Crippen molar-refractivity contribution >= 4 is 44.3 Å². The molecule has 0 radical (unpaired) electrons. The van der Waals surface area contributed by atoms with Crippen LogP contribution in [0.1, 0.15) is 0 Å². The van der Waals surface area contributed by atoms with Gasteiger partial charge in [-0.2, -0.15) is 9.45 Å². The Balaban J connectivity index is 0.00000210. The summed E-state index contributed by atoms with van der Waals surface area (Å²) in [6.45, 7) is 0. The van der Waals surface area contributed by atoms with Gasteiger partial charge in [-0.1, -0.05) is 12.1 Å². The van der Waals surface area contributed by atoms with E-state index in [1.807, 2.05) is 0 Å². The van der Waals surface area contributed by atoms with E-state index in [0.717, 1.165) is 24.2 Å². The smallest absolute Gasteiger partial charge is 0.744 e. The molecule has 0 bridgehead atoms. The Morgan fingerprint density at radius 3 is 2.28 bits per heavy atom. The first kappa shape index (κ1) is 26.5. The number of hydrogen-bond acceptors (Lipinski definition) is 10. The van der Waals surface area contributed by atoms with Gasteiger partial charge in [0.2, 0.25) is 0 Å². The largest absolute Gasteiger partial charge is 1.00 e. The number of nitrogens with zero attached hydrogens (tertiary/aromatic N) is 2. The number of rotatable bonds is 6. The molecule has 0 aliphatic heterocycles. The Morgan fingerprint density at radius 2 is 1.66 bits per heavy atom. The minimum absolute atomic E-state index is 0. The van der Waals surface area contributed by atoms with Crippen LogP contribution in [0.25, 0.3) is 10.8 Å². The number of phenolic OH excluding ortho intramolecular Hbond substituents is 1. The van der Waals surface area contributed by atoms with E-state index in [-0.39, 0.29) is 75.4 Å². The number of hydrogen-bond donors (Lipinski definition) is 1. The van der Waals surface area contributed by atoms with Crippen LogP contribution in [0.15, 0.2) is 74.6 Å². The average molecular weight is 452 g/mol. The van der Waals surface area contributed by atoms with Crippen LogP contribution in [0.3, 0.4) is 0 Å². The van der Waals surface area contributed by atoms with Gasteiger partial charge in [-0.05, 0) is 47.9 Å². The van der Waals surface area contributed by atoms with Crippen LogP contribution >= 0.6 is 12.0 Å². The summed E-state index contributed by atoms with van der Waals surface area (Å²) in [5, 5.41) is 32.6. The van der Waals surface area contributed by atoms with Crippen molar-refractivity contribution in [2.75, 3.05) is 0 Å². The molecule has 3 aromatic carbocycles. The summed E-state index contributed by atoms with van der Waals surface area (Å²) in [5.74, 6) is -0.107. The Morgan fingerprint density at radius 1 is 0.966 bits per heavy atom. The van der Waals surface area contributed by atoms with Gasteiger partial charge in [-0.25, -0.2) is 8.42 Å². The zero-order chi connectivity index (χ0) is 19.4. The van der Waals surface area contributed by atoms with Gasteiger partial charge in [0.05, 0.1) is 22.6 Å². The second kappa shape index (κ2) is 11.7. The molecule has 0 amide bonds. The molecule has 0 atom stereocenters. The zero-order valence-corrected chi connectivity index (χ0v) is 20.9. The second-order valence-corrected chi connectivity index (χ2v) is 7.34. The van der Waals surface area contributed by atoms with Gasteiger partial charge in [0.25, 0.3) is 0 Å². The van der Waals surface area contributed by atoms with E-state index >= 15 is 0 Å². The molecule has 0 heterocycles. The van der Waals surface area contributed by atoms with E-state index in [9.17, 15) is 23.3 Å². The second-order valence-electron chi connectivity index (χ2n) is 5.18. The van der Waals surface area contributed by atoms with Gasteiger partial charge >= 0.3 is 59.1 Å². The molecule has 3 rings (SSSR count). The Hall–Kier alpha value is -0.540. The first-order valence-electron chi connectivity index (χ1n) is 7.25. The molecule has 29 heavy (non-hydrogen) atoms. The van der Waals surface area contributed by atoms with Crippen molar-refractivity contribution in [1.29, 1.82) is 0 Å². The molecule has 9 nitrogen and oxygen atoms in total. The van der Waals surface area contributed by atoms with E-state index in [1.165, 1.54) is 18.2 Å². The Bertz CT molecular complexity index is 1110. The number of benzene rings is 3. The van der Waals surface area contributed by atoms with Crippen molar-refractivity contribution in [3.05, 3.63) is 54.6 Å². The van der Waals surface area contributed by atoms with Gasteiger partial charge in [-0.15, -0.1) is 5.11 Å². The first-order chi connectivity index (χ1) is 12.9. The maximum atomic E-state index is 10.9. The molecule has 13 heteroatoms. The van der Waals surface area contributed by atoms with Gasteiger partial charge < -0.3 is 14.9 Å². The predicted molar refractivity (Wildman–Crippen MR) is 92.2 cm³/mol. The van der Waals surface area contributed by atoms with Gasteiger partial charge in [0.15, 0.2) is 0 Å². The third kappa shape index (κ3) is 6.99.